The molecule has 1 aromatic heterocycles. The minimum Gasteiger partial charge on any atom is -0.293 e. The monoisotopic (exact) mass is 524 g/mol. The van der Waals surface area contributed by atoms with Gasteiger partial charge in [0.1, 0.15) is 0 Å². The number of nitrogens with zero attached hydrogens (tertiary/aromatic N) is 2. The summed E-state index contributed by atoms with van der Waals surface area (Å²) < 4.78 is 1.72. The molecule has 0 N–H and O–H groups in total. The third kappa shape index (κ3) is 3.83. The van der Waals surface area contributed by atoms with Crippen molar-refractivity contribution in [3.05, 3.63) is 77.4 Å². The van der Waals surface area contributed by atoms with Crippen LogP contribution in [0.2, 0.25) is 0 Å². The summed E-state index contributed by atoms with van der Waals surface area (Å²) >= 11 is 2.93. The van der Waals surface area contributed by atoms with Crippen LogP contribution in [0.15, 0.2) is 65.0 Å². The van der Waals surface area contributed by atoms with E-state index in [1.165, 1.54) is 50.3 Å². The van der Waals surface area contributed by atoms with Crippen molar-refractivity contribution in [1.82, 2.24) is 4.98 Å². The van der Waals surface area contributed by atoms with E-state index in [2.05, 4.69) is 35.3 Å². The van der Waals surface area contributed by atoms with E-state index in [0.717, 1.165) is 52.2 Å². The molecule has 2 amide bonds. The Morgan fingerprint density at radius 1 is 0.919 bits per heavy atom. The average molecular weight is 525 g/mol. The third-order valence-corrected chi connectivity index (χ3v) is 10.1. The number of imide groups is 1. The van der Waals surface area contributed by atoms with E-state index in [4.69, 9.17) is 0 Å². The minimum atomic E-state index is -0.163. The summed E-state index contributed by atoms with van der Waals surface area (Å²) in [7, 11) is 0. The number of carbonyl (C=O) groups excluding carboxylic acids is 3. The number of rotatable bonds is 5. The lowest BCUT2D eigenvalue weighted by atomic mass is 9.81. The highest BCUT2D eigenvalue weighted by Crippen LogP contribution is 2.42. The minimum absolute atomic E-state index is 0.0591. The molecule has 1 aliphatic heterocycles. The van der Waals surface area contributed by atoms with Gasteiger partial charge in [-0.1, -0.05) is 61.0 Å². The van der Waals surface area contributed by atoms with Crippen LogP contribution in [-0.4, -0.2) is 28.3 Å². The number of hydrogen-bond donors (Lipinski definition) is 0. The molecule has 1 saturated carbocycles. The number of carbonyl (C=O) groups is 3. The van der Waals surface area contributed by atoms with Crippen LogP contribution < -0.4 is 4.90 Å². The van der Waals surface area contributed by atoms with Crippen molar-refractivity contribution in [3.63, 3.8) is 0 Å². The van der Waals surface area contributed by atoms with Gasteiger partial charge < -0.3 is 0 Å². The zero-order chi connectivity index (χ0) is 25.1. The molecular formula is C30H24N2O3S2. The summed E-state index contributed by atoms with van der Waals surface area (Å²) in [5, 5.41) is 0. The number of thioether (sulfide) groups is 1. The highest BCUT2D eigenvalue weighted by atomic mass is 32.2. The van der Waals surface area contributed by atoms with Crippen LogP contribution >= 0.6 is 23.1 Å². The molecule has 2 fully saturated rings. The Morgan fingerprint density at radius 3 is 2.49 bits per heavy atom. The molecule has 3 aromatic carbocycles. The molecule has 5 nitrogen and oxygen atoms in total. The Hall–Kier alpha value is -3.29. The van der Waals surface area contributed by atoms with Gasteiger partial charge in [-0.05, 0) is 65.8 Å². The van der Waals surface area contributed by atoms with E-state index in [0.29, 0.717) is 11.4 Å². The normalized spacial score (nSPS) is 20.3. The van der Waals surface area contributed by atoms with E-state index < -0.39 is 0 Å². The molecule has 2 heterocycles. The fourth-order valence-corrected chi connectivity index (χ4v) is 8.03. The number of aromatic nitrogens is 1. The van der Waals surface area contributed by atoms with Crippen LogP contribution in [0, 0.1) is 11.8 Å². The number of fused-ring (bicyclic) bond motifs is 5. The zero-order valence-electron chi connectivity index (χ0n) is 20.1. The number of hydrogen-bond acceptors (Lipinski definition) is 6. The summed E-state index contributed by atoms with van der Waals surface area (Å²) in [6.45, 7) is 0. The Kier molecular flexibility index (Phi) is 5.52. The highest BCUT2D eigenvalue weighted by Gasteiger charge is 2.48. The van der Waals surface area contributed by atoms with Gasteiger partial charge in [0.05, 0.1) is 33.5 Å². The maximum Gasteiger partial charge on any atom is 0.237 e. The Bertz CT molecular complexity index is 1580. The highest BCUT2D eigenvalue weighted by molar-refractivity contribution is 8.01. The molecular weight excluding hydrogens is 500 g/mol. The van der Waals surface area contributed by atoms with Crippen LogP contribution in [0.4, 0.5) is 5.69 Å². The molecule has 7 heteroatoms. The zero-order valence-corrected chi connectivity index (χ0v) is 21.7. The SMILES string of the molecule is O=C(CSc1nc2ccc(N3C(=O)[C@H]4CCCC[C@@H]4C3=O)cc2s1)c1ccc2c(c1)Cc1ccccc1-2. The lowest BCUT2D eigenvalue weighted by Gasteiger charge is -2.19. The number of amides is 2. The number of ketones is 1. The van der Waals surface area contributed by atoms with E-state index in [1.54, 1.807) is 0 Å². The maximum atomic E-state index is 13.0. The summed E-state index contributed by atoms with van der Waals surface area (Å²) in [6, 6.07) is 20.0. The van der Waals surface area contributed by atoms with Crippen molar-refractivity contribution in [3.8, 4) is 11.1 Å². The molecule has 4 aromatic rings. The van der Waals surface area contributed by atoms with Crippen molar-refractivity contribution in [2.24, 2.45) is 11.8 Å². The van der Waals surface area contributed by atoms with Gasteiger partial charge in [0.15, 0.2) is 10.1 Å². The van der Waals surface area contributed by atoms with Gasteiger partial charge in [0.25, 0.3) is 0 Å². The van der Waals surface area contributed by atoms with Gasteiger partial charge in [-0.3, -0.25) is 19.3 Å². The van der Waals surface area contributed by atoms with Crippen molar-refractivity contribution in [2.75, 3.05) is 10.7 Å². The Balaban J connectivity index is 1.07. The van der Waals surface area contributed by atoms with E-state index in [1.807, 2.05) is 30.3 Å². The van der Waals surface area contributed by atoms with Crippen molar-refractivity contribution in [2.45, 2.75) is 36.4 Å². The Labute approximate surface area is 222 Å². The standard InChI is InChI=1S/C30H24N2O3S2/c33-26(18-9-11-22-19(14-18)13-17-5-1-2-6-21(17)22)16-36-30-31-25-12-10-20(15-27(25)37-30)32-28(34)23-7-3-4-8-24(23)29(32)35/h1-2,5-6,9-12,14-15,23-24H,3-4,7-8,13,16H2/t23-,24-/m0/s1. The predicted molar refractivity (Wildman–Crippen MR) is 147 cm³/mol. The molecule has 1 saturated heterocycles. The maximum absolute atomic E-state index is 13.0. The fraction of sp³-hybridized carbons (Fsp3) is 0.267. The number of thiazole rings is 1. The van der Waals surface area contributed by atoms with E-state index >= 15 is 0 Å². The summed E-state index contributed by atoms with van der Waals surface area (Å²) in [6.07, 6.45) is 4.51. The number of benzene rings is 3. The van der Waals surface area contributed by atoms with E-state index in [-0.39, 0.29) is 29.4 Å². The van der Waals surface area contributed by atoms with Crippen LogP contribution in [0.25, 0.3) is 21.3 Å². The second kappa shape index (κ2) is 8.92. The quantitative estimate of drug-likeness (QED) is 0.149. The summed E-state index contributed by atoms with van der Waals surface area (Å²) in [4.78, 5) is 45.1. The van der Waals surface area contributed by atoms with Gasteiger partial charge in [-0.15, -0.1) is 11.3 Å². The molecule has 0 spiro atoms. The molecule has 0 bridgehead atoms. The molecule has 7 rings (SSSR count). The summed E-state index contributed by atoms with van der Waals surface area (Å²) in [5.74, 6) is -0.0509. The third-order valence-electron chi connectivity index (χ3n) is 7.89. The molecule has 0 radical (unpaired) electrons. The molecule has 37 heavy (non-hydrogen) atoms. The van der Waals surface area contributed by atoms with Crippen molar-refractivity contribution < 1.29 is 14.4 Å². The number of Topliss-reactive ketones (excluding diaryl/α,β-unsaturated/α-hetero) is 1. The smallest absolute Gasteiger partial charge is 0.237 e. The molecule has 2 atom stereocenters. The largest absolute Gasteiger partial charge is 0.293 e. The van der Waals surface area contributed by atoms with E-state index in [9.17, 15) is 14.4 Å². The number of anilines is 1. The van der Waals surface area contributed by atoms with Crippen molar-refractivity contribution >= 4 is 56.6 Å². The first-order valence-electron chi connectivity index (χ1n) is 12.7. The van der Waals surface area contributed by atoms with Gasteiger partial charge >= 0.3 is 0 Å². The fourth-order valence-electron chi connectivity index (χ4n) is 6.04. The average Bonchev–Trinajstić information content (AvgIpc) is 3.58. The van der Waals surface area contributed by atoms with Crippen LogP contribution in [0.5, 0.6) is 0 Å². The predicted octanol–water partition coefficient (Wildman–Crippen LogP) is 6.52. The molecule has 3 aliphatic rings. The molecule has 2 aliphatic carbocycles. The van der Waals surface area contributed by atoms with Gasteiger partial charge in [0.2, 0.25) is 11.8 Å². The molecule has 0 unspecified atom stereocenters. The second-order valence-electron chi connectivity index (χ2n) is 10.1. The van der Waals surface area contributed by atoms with Crippen LogP contribution in [0.3, 0.4) is 0 Å². The lowest BCUT2D eigenvalue weighted by molar-refractivity contribution is -0.122. The topological polar surface area (TPSA) is 67.3 Å². The van der Waals surface area contributed by atoms with Crippen LogP contribution in [-0.2, 0) is 16.0 Å². The van der Waals surface area contributed by atoms with Gasteiger partial charge in [-0.25, -0.2) is 4.98 Å². The Morgan fingerprint density at radius 2 is 1.68 bits per heavy atom. The first-order valence-corrected chi connectivity index (χ1v) is 14.5. The van der Waals surface area contributed by atoms with Crippen molar-refractivity contribution in [1.29, 1.82) is 0 Å². The summed E-state index contributed by atoms with van der Waals surface area (Å²) in [5.41, 5.74) is 7.17. The lowest BCUT2D eigenvalue weighted by Crippen LogP contribution is -2.30. The van der Waals surface area contributed by atoms with Crippen LogP contribution in [0.1, 0.15) is 47.2 Å². The van der Waals surface area contributed by atoms with Gasteiger partial charge in [0, 0.05) is 5.56 Å². The second-order valence-corrected chi connectivity index (χ2v) is 12.3. The first kappa shape index (κ1) is 22.9. The first-order chi connectivity index (χ1) is 18.1. The molecule has 184 valence electrons. The van der Waals surface area contributed by atoms with Gasteiger partial charge in [-0.2, -0.15) is 0 Å².